The van der Waals surface area contributed by atoms with Gasteiger partial charge in [-0.05, 0) is 60.2 Å². The van der Waals surface area contributed by atoms with Gasteiger partial charge in [-0.25, -0.2) is 0 Å². The molecule has 0 spiro atoms. The van der Waals surface area contributed by atoms with Gasteiger partial charge in [-0.3, -0.25) is 9.59 Å². The van der Waals surface area contributed by atoms with Crippen LogP contribution >= 0.6 is 0 Å². The highest BCUT2D eigenvalue weighted by atomic mass is 16.7. The summed E-state index contributed by atoms with van der Waals surface area (Å²) in [6.45, 7) is 9.59. The molecule has 14 nitrogen and oxygen atoms in total. The monoisotopic (exact) mass is 713 g/mol. The van der Waals surface area contributed by atoms with E-state index in [0.29, 0.717) is 6.29 Å². The number of hydrogen-bond acceptors (Lipinski definition) is 14. The number of likely N-dealkylation sites (N-methyl/N-ethyl adjacent to an activating group) is 1. The first-order valence-corrected chi connectivity index (χ1v) is 17.6. The van der Waals surface area contributed by atoms with Crippen LogP contribution in [0.1, 0.15) is 67.2 Å². The van der Waals surface area contributed by atoms with Crippen LogP contribution < -0.4 is 0 Å². The van der Waals surface area contributed by atoms with E-state index in [-0.39, 0.29) is 31.7 Å². The molecule has 286 valence electrons. The predicted octanol–water partition coefficient (Wildman–Crippen LogP) is 0.893. The number of ether oxygens (including phenoxy) is 5. The number of aldehydes is 1. The molecule has 0 aromatic rings. The Morgan fingerprint density at radius 1 is 0.980 bits per heavy atom. The fraction of sp³-hybridized carbons (Fsp3) is 0.806. The number of carbonyl (C=O) groups is 3. The average Bonchev–Trinajstić information content (AvgIpc) is 3.02. The summed E-state index contributed by atoms with van der Waals surface area (Å²) in [4.78, 5) is 39.8. The van der Waals surface area contributed by atoms with Gasteiger partial charge >= 0.3 is 5.97 Å². The molecule has 0 amide bonds. The van der Waals surface area contributed by atoms with E-state index in [2.05, 4.69) is 0 Å². The SMILES string of the molecule is CC1OC(O[C@H]2[C@@H](CC=O)C[C@@H](C)C(=O)C=CC=C[C@H](CO)[C@@H](C)OC(=O)CC(O)[C@@H]2C)C(O)C(N(C)C)C1OC1CC(C)(O)C(O)C(C)O1. The first kappa shape index (κ1) is 42.3. The molecule has 0 aliphatic carbocycles. The summed E-state index contributed by atoms with van der Waals surface area (Å²) >= 11 is 0. The van der Waals surface area contributed by atoms with Crippen LogP contribution in [0.5, 0.6) is 0 Å². The summed E-state index contributed by atoms with van der Waals surface area (Å²) in [5, 5.41) is 54.1. The highest BCUT2D eigenvalue weighted by Crippen LogP contribution is 2.37. The van der Waals surface area contributed by atoms with Gasteiger partial charge < -0.3 is 58.9 Å². The van der Waals surface area contributed by atoms with Crippen molar-refractivity contribution in [3.63, 3.8) is 0 Å². The number of carbonyl (C=O) groups excluding carboxylic acids is 3. The van der Waals surface area contributed by atoms with Crippen molar-refractivity contribution in [3.8, 4) is 0 Å². The first-order valence-electron chi connectivity index (χ1n) is 17.6. The lowest BCUT2D eigenvalue weighted by atomic mass is 9.79. The molecule has 10 unspecified atom stereocenters. The summed E-state index contributed by atoms with van der Waals surface area (Å²) in [6, 6.07) is -0.718. The molecule has 5 N–H and O–H groups in total. The molecule has 50 heavy (non-hydrogen) atoms. The van der Waals surface area contributed by atoms with Crippen LogP contribution in [-0.4, -0.2) is 142 Å². The lowest BCUT2D eigenvalue weighted by Crippen LogP contribution is -2.65. The molecule has 14 heteroatoms. The van der Waals surface area contributed by atoms with Crippen molar-refractivity contribution < 1.29 is 63.6 Å². The van der Waals surface area contributed by atoms with Gasteiger partial charge in [-0.15, -0.1) is 0 Å². The minimum Gasteiger partial charge on any atom is -0.462 e. The Bertz CT molecular complexity index is 1180. The number of aliphatic hydroxyl groups excluding tert-OH is 4. The molecule has 2 fully saturated rings. The second kappa shape index (κ2) is 18.6. The topological polar surface area (TPSA) is 202 Å². The van der Waals surface area contributed by atoms with E-state index >= 15 is 0 Å². The van der Waals surface area contributed by atoms with Crippen molar-refractivity contribution in [2.24, 2.45) is 23.7 Å². The third-order valence-corrected chi connectivity index (χ3v) is 10.4. The average molecular weight is 714 g/mol. The lowest BCUT2D eigenvalue weighted by molar-refractivity contribution is -0.341. The van der Waals surface area contributed by atoms with Gasteiger partial charge in [-0.2, -0.15) is 0 Å². The molecule has 3 aliphatic heterocycles. The van der Waals surface area contributed by atoms with E-state index in [9.17, 15) is 39.9 Å². The van der Waals surface area contributed by atoms with Gasteiger partial charge in [-0.1, -0.05) is 32.1 Å². The van der Waals surface area contributed by atoms with Crippen LogP contribution in [0.25, 0.3) is 0 Å². The summed E-state index contributed by atoms with van der Waals surface area (Å²) in [6.07, 6.45) is -3.18. The number of cyclic esters (lactones) is 1. The van der Waals surface area contributed by atoms with Crippen molar-refractivity contribution in [3.05, 3.63) is 24.3 Å². The molecule has 0 bridgehead atoms. The summed E-state index contributed by atoms with van der Waals surface area (Å²) in [5.41, 5.74) is -1.47. The summed E-state index contributed by atoms with van der Waals surface area (Å²) in [7, 11) is 3.50. The molecular weight excluding hydrogens is 654 g/mol. The molecule has 0 aromatic carbocycles. The molecule has 0 aromatic heterocycles. The number of nitrogens with zero attached hydrogens (tertiary/aromatic N) is 1. The Kier molecular flexibility index (Phi) is 15.7. The Balaban J connectivity index is 1.93. The maximum Gasteiger partial charge on any atom is 0.308 e. The van der Waals surface area contributed by atoms with Crippen molar-refractivity contribution in [2.75, 3.05) is 20.7 Å². The Morgan fingerprint density at radius 3 is 2.26 bits per heavy atom. The van der Waals surface area contributed by atoms with Gasteiger partial charge in [0.2, 0.25) is 0 Å². The fourth-order valence-electron chi connectivity index (χ4n) is 7.17. The van der Waals surface area contributed by atoms with Crippen LogP contribution in [0.15, 0.2) is 24.3 Å². The largest absolute Gasteiger partial charge is 0.462 e. The zero-order valence-corrected chi connectivity index (χ0v) is 30.5. The summed E-state index contributed by atoms with van der Waals surface area (Å²) < 4.78 is 30.4. The van der Waals surface area contributed by atoms with Crippen molar-refractivity contribution in [1.29, 1.82) is 0 Å². The van der Waals surface area contributed by atoms with E-state index in [0.717, 1.165) is 0 Å². The van der Waals surface area contributed by atoms with Crippen LogP contribution in [0.2, 0.25) is 0 Å². The standard InChI is InChI=1S/C36H59NO13/c1-19-15-24(13-14-38)32(20(2)27(41)16-28(42)46-21(3)25(18-39)11-9-10-12-26(19)40)50-35-31(43)30(37(7)8)33(22(4)48-35)49-29-17-36(6,45)34(44)23(5)47-29/h9-12,14,19-25,27,29-35,39,41,43-45H,13,15-18H2,1-8H3/t19-,20+,21-,22?,23?,24+,25-,27?,29?,30?,31?,32-,33?,34?,35?,36?/m1/s1. The van der Waals surface area contributed by atoms with Crippen LogP contribution in [0.4, 0.5) is 0 Å². The highest BCUT2D eigenvalue weighted by Gasteiger charge is 2.51. The molecule has 0 saturated carbocycles. The number of esters is 1. The number of hydrogen-bond donors (Lipinski definition) is 5. The Hall–Kier alpha value is -2.11. The number of ketones is 1. The van der Waals surface area contributed by atoms with E-state index in [1.54, 1.807) is 71.8 Å². The second-order valence-corrected chi connectivity index (χ2v) is 14.8. The minimum atomic E-state index is -1.47. The van der Waals surface area contributed by atoms with Gasteiger partial charge in [0.1, 0.15) is 30.7 Å². The molecule has 3 aliphatic rings. The smallest absolute Gasteiger partial charge is 0.308 e. The quantitative estimate of drug-likeness (QED) is 0.175. The lowest BCUT2D eigenvalue weighted by Gasteiger charge is -2.50. The zero-order chi connectivity index (χ0) is 37.5. The van der Waals surface area contributed by atoms with E-state index in [1.807, 2.05) is 0 Å². The Morgan fingerprint density at radius 2 is 1.66 bits per heavy atom. The van der Waals surface area contributed by atoms with Crippen molar-refractivity contribution in [1.82, 2.24) is 4.90 Å². The Labute approximate surface area is 295 Å². The molecule has 16 atom stereocenters. The molecule has 2 saturated heterocycles. The van der Waals surface area contributed by atoms with Crippen LogP contribution in [0, 0.1) is 23.7 Å². The van der Waals surface area contributed by atoms with Crippen LogP contribution in [-0.2, 0) is 38.1 Å². The maximum absolute atomic E-state index is 13.1. The molecule has 0 radical (unpaired) electrons. The van der Waals surface area contributed by atoms with Gasteiger partial charge in [0.05, 0.1) is 49.1 Å². The molecule has 3 rings (SSSR count). The van der Waals surface area contributed by atoms with E-state index in [4.69, 9.17) is 23.7 Å². The number of allylic oxidation sites excluding steroid dienone is 3. The van der Waals surface area contributed by atoms with Gasteiger partial charge in [0.25, 0.3) is 0 Å². The zero-order valence-electron chi connectivity index (χ0n) is 30.5. The fourth-order valence-corrected chi connectivity index (χ4v) is 7.17. The normalized spacial score (nSPS) is 44.2. The molecule has 3 heterocycles. The minimum absolute atomic E-state index is 0.0208. The second-order valence-electron chi connectivity index (χ2n) is 14.8. The number of rotatable bonds is 8. The van der Waals surface area contributed by atoms with Crippen molar-refractivity contribution >= 4 is 18.0 Å². The first-order chi connectivity index (χ1) is 23.4. The van der Waals surface area contributed by atoms with E-state index < -0.39 is 109 Å². The van der Waals surface area contributed by atoms with Gasteiger partial charge in [0.15, 0.2) is 18.4 Å². The summed E-state index contributed by atoms with van der Waals surface area (Å²) in [5.74, 6) is -3.41. The molecular formula is C36H59NO13. The van der Waals surface area contributed by atoms with Gasteiger partial charge in [0, 0.05) is 30.6 Å². The third kappa shape index (κ3) is 10.7. The maximum atomic E-state index is 13.1. The van der Waals surface area contributed by atoms with Crippen LogP contribution in [0.3, 0.4) is 0 Å². The third-order valence-electron chi connectivity index (χ3n) is 10.4. The predicted molar refractivity (Wildman–Crippen MR) is 180 cm³/mol. The highest BCUT2D eigenvalue weighted by molar-refractivity contribution is 5.91. The van der Waals surface area contributed by atoms with Crippen molar-refractivity contribution in [2.45, 2.75) is 140 Å². The van der Waals surface area contributed by atoms with E-state index in [1.165, 1.54) is 13.0 Å². The number of aliphatic hydroxyl groups is 5.